The summed E-state index contributed by atoms with van der Waals surface area (Å²) >= 11 is 0. The molecule has 0 radical (unpaired) electrons. The first-order chi connectivity index (χ1) is 11.2. The molecular weight excluding hydrogens is 294 g/mol. The van der Waals surface area contributed by atoms with Gasteiger partial charge in [-0.05, 0) is 36.6 Å². The minimum absolute atomic E-state index is 0.0872. The molecule has 1 aromatic heterocycles. The molecule has 7 heteroatoms. The van der Waals surface area contributed by atoms with Crippen LogP contribution in [0, 0.1) is 0 Å². The van der Waals surface area contributed by atoms with Crippen molar-refractivity contribution in [3.63, 3.8) is 0 Å². The molecule has 0 saturated carbocycles. The third-order valence-electron chi connectivity index (χ3n) is 3.13. The zero-order valence-corrected chi connectivity index (χ0v) is 12.8. The van der Waals surface area contributed by atoms with E-state index in [2.05, 4.69) is 15.1 Å². The predicted octanol–water partition coefficient (Wildman–Crippen LogP) is 3.34. The Morgan fingerprint density at radius 3 is 2.87 bits per heavy atom. The Bertz CT molecular complexity index is 730. The fourth-order valence-electron chi connectivity index (χ4n) is 2.05. The van der Waals surface area contributed by atoms with Crippen LogP contribution in [0.2, 0.25) is 0 Å². The molecule has 2 rings (SSSR count). The lowest BCUT2D eigenvalue weighted by Crippen LogP contribution is -2.08. The molecule has 0 aliphatic heterocycles. The predicted molar refractivity (Wildman–Crippen MR) is 86.1 cm³/mol. The molecule has 0 unspecified atom stereocenters. The third kappa shape index (κ3) is 4.72. The number of hydrogen-bond donors (Lipinski definition) is 0. The zero-order chi connectivity index (χ0) is 16.5. The summed E-state index contributed by atoms with van der Waals surface area (Å²) < 4.78 is 6.62. The van der Waals surface area contributed by atoms with E-state index < -0.39 is 5.97 Å². The number of aryl methyl sites for hydroxylation is 2. The van der Waals surface area contributed by atoms with Crippen LogP contribution in [0.25, 0.3) is 16.5 Å². The van der Waals surface area contributed by atoms with Crippen LogP contribution < -0.4 is 0 Å². The standard InChI is InChI=1S/C16H17N5O2/c1-2-23-16(22)15(19-20-17)12-14-8-10-18-21(14)11-9-13-6-4-3-5-7-13/h3-8,10,12H,2,9,11H2,1H3/b15-12-. The molecule has 2 aromatic rings. The molecule has 0 saturated heterocycles. The summed E-state index contributed by atoms with van der Waals surface area (Å²) in [5.74, 6) is -0.652. The Kier molecular flexibility index (Phi) is 5.97. The number of benzene rings is 1. The SMILES string of the molecule is CCOC(=O)/C(=C/c1ccnn1CCc1ccccc1)N=[N+]=[N-]. The number of aromatic nitrogens is 2. The van der Waals surface area contributed by atoms with Gasteiger partial charge in [0, 0.05) is 17.7 Å². The van der Waals surface area contributed by atoms with Crippen molar-refractivity contribution in [2.45, 2.75) is 19.9 Å². The number of carbonyl (C=O) groups excluding carboxylic acids is 1. The van der Waals surface area contributed by atoms with Gasteiger partial charge in [0.25, 0.3) is 0 Å². The number of nitrogens with zero attached hydrogens (tertiary/aromatic N) is 5. The molecule has 23 heavy (non-hydrogen) atoms. The highest BCUT2D eigenvalue weighted by Gasteiger charge is 2.10. The van der Waals surface area contributed by atoms with E-state index in [4.69, 9.17) is 10.3 Å². The lowest BCUT2D eigenvalue weighted by molar-refractivity contribution is -0.138. The molecule has 0 spiro atoms. The van der Waals surface area contributed by atoms with Crippen LogP contribution in [0.4, 0.5) is 0 Å². The molecule has 0 aliphatic carbocycles. The lowest BCUT2D eigenvalue weighted by Gasteiger charge is -2.06. The van der Waals surface area contributed by atoms with Crippen molar-refractivity contribution in [1.82, 2.24) is 9.78 Å². The lowest BCUT2D eigenvalue weighted by atomic mass is 10.1. The van der Waals surface area contributed by atoms with E-state index in [1.807, 2.05) is 30.3 Å². The van der Waals surface area contributed by atoms with E-state index in [1.54, 1.807) is 23.9 Å². The molecule has 0 bridgehead atoms. The minimum atomic E-state index is -0.652. The quantitative estimate of drug-likeness (QED) is 0.258. The highest BCUT2D eigenvalue weighted by molar-refractivity contribution is 5.92. The van der Waals surface area contributed by atoms with E-state index in [1.165, 1.54) is 11.6 Å². The third-order valence-corrected chi connectivity index (χ3v) is 3.13. The first kappa shape index (κ1) is 16.3. The molecule has 1 aromatic carbocycles. The van der Waals surface area contributed by atoms with E-state index in [0.29, 0.717) is 12.2 Å². The maximum Gasteiger partial charge on any atom is 0.340 e. The number of esters is 1. The van der Waals surface area contributed by atoms with Gasteiger partial charge >= 0.3 is 5.97 Å². The van der Waals surface area contributed by atoms with Gasteiger partial charge in [0.2, 0.25) is 0 Å². The molecule has 0 amide bonds. The molecule has 118 valence electrons. The van der Waals surface area contributed by atoms with Gasteiger partial charge in [0.05, 0.1) is 12.3 Å². The van der Waals surface area contributed by atoms with E-state index in [-0.39, 0.29) is 12.3 Å². The topological polar surface area (TPSA) is 92.9 Å². The van der Waals surface area contributed by atoms with Gasteiger partial charge in [0.15, 0.2) is 0 Å². The fraction of sp³-hybridized carbons (Fsp3) is 0.250. The first-order valence-electron chi connectivity index (χ1n) is 7.24. The summed E-state index contributed by atoms with van der Waals surface area (Å²) in [6, 6.07) is 11.8. The normalized spacial score (nSPS) is 10.9. The smallest absolute Gasteiger partial charge is 0.340 e. The number of ether oxygens (including phenoxy) is 1. The average Bonchev–Trinajstić information content (AvgIpc) is 3.01. The summed E-state index contributed by atoms with van der Waals surface area (Å²) in [4.78, 5) is 14.4. The fourth-order valence-corrected chi connectivity index (χ4v) is 2.05. The van der Waals surface area contributed by atoms with Crippen molar-refractivity contribution in [2.75, 3.05) is 6.61 Å². The molecule has 0 aliphatic rings. The van der Waals surface area contributed by atoms with Gasteiger partial charge in [-0.1, -0.05) is 35.4 Å². The second-order valence-corrected chi connectivity index (χ2v) is 4.65. The van der Waals surface area contributed by atoms with Crippen LogP contribution in [0.3, 0.4) is 0 Å². The van der Waals surface area contributed by atoms with Crippen molar-refractivity contribution in [2.24, 2.45) is 5.11 Å². The molecule has 0 N–H and O–H groups in total. The molecule has 0 atom stereocenters. The second-order valence-electron chi connectivity index (χ2n) is 4.65. The first-order valence-corrected chi connectivity index (χ1v) is 7.24. The Hall–Kier alpha value is -3.05. The summed E-state index contributed by atoms with van der Waals surface area (Å²) in [7, 11) is 0. The Labute approximate surface area is 133 Å². The summed E-state index contributed by atoms with van der Waals surface area (Å²) in [5.41, 5.74) is 10.4. The van der Waals surface area contributed by atoms with Crippen LogP contribution >= 0.6 is 0 Å². The van der Waals surface area contributed by atoms with Crippen LogP contribution in [-0.4, -0.2) is 22.4 Å². The van der Waals surface area contributed by atoms with Crippen LogP contribution in [0.1, 0.15) is 18.2 Å². The summed E-state index contributed by atoms with van der Waals surface area (Å²) in [6.45, 7) is 2.55. The number of hydrogen-bond acceptors (Lipinski definition) is 4. The zero-order valence-electron chi connectivity index (χ0n) is 12.8. The minimum Gasteiger partial charge on any atom is -0.462 e. The molecule has 0 fully saturated rings. The van der Waals surface area contributed by atoms with E-state index in [9.17, 15) is 4.79 Å². The Morgan fingerprint density at radius 1 is 1.39 bits per heavy atom. The van der Waals surface area contributed by atoms with Crippen LogP contribution in [0.5, 0.6) is 0 Å². The summed E-state index contributed by atoms with van der Waals surface area (Å²) in [6.07, 6.45) is 3.92. The Morgan fingerprint density at radius 2 is 2.17 bits per heavy atom. The van der Waals surface area contributed by atoms with Crippen LogP contribution in [-0.2, 0) is 22.5 Å². The van der Waals surface area contributed by atoms with Crippen LogP contribution in [0.15, 0.2) is 53.4 Å². The number of azide groups is 1. The number of carbonyl (C=O) groups is 1. The van der Waals surface area contributed by atoms with Gasteiger partial charge in [-0.2, -0.15) is 5.10 Å². The monoisotopic (exact) mass is 311 g/mol. The van der Waals surface area contributed by atoms with Gasteiger partial charge in [-0.15, -0.1) is 0 Å². The van der Waals surface area contributed by atoms with Crippen molar-refractivity contribution < 1.29 is 9.53 Å². The number of rotatable bonds is 7. The highest BCUT2D eigenvalue weighted by atomic mass is 16.5. The van der Waals surface area contributed by atoms with Gasteiger partial charge in [0.1, 0.15) is 5.70 Å². The molecule has 1 heterocycles. The second kappa shape index (κ2) is 8.41. The van der Waals surface area contributed by atoms with Crippen molar-refractivity contribution in [3.05, 3.63) is 70.0 Å². The maximum absolute atomic E-state index is 11.8. The Balaban J connectivity index is 2.16. The van der Waals surface area contributed by atoms with Gasteiger partial charge in [-0.3, -0.25) is 4.68 Å². The molecule has 7 nitrogen and oxygen atoms in total. The molecular formula is C16H17N5O2. The largest absolute Gasteiger partial charge is 0.462 e. The van der Waals surface area contributed by atoms with Gasteiger partial charge in [-0.25, -0.2) is 4.79 Å². The highest BCUT2D eigenvalue weighted by Crippen LogP contribution is 2.11. The van der Waals surface area contributed by atoms with Crippen molar-refractivity contribution in [1.29, 1.82) is 0 Å². The van der Waals surface area contributed by atoms with Crippen molar-refractivity contribution in [3.8, 4) is 0 Å². The maximum atomic E-state index is 11.8. The van der Waals surface area contributed by atoms with Gasteiger partial charge < -0.3 is 4.74 Å². The average molecular weight is 311 g/mol. The van der Waals surface area contributed by atoms with E-state index >= 15 is 0 Å². The van der Waals surface area contributed by atoms with E-state index in [0.717, 1.165) is 6.42 Å². The van der Waals surface area contributed by atoms with Crippen molar-refractivity contribution >= 4 is 12.0 Å². The summed E-state index contributed by atoms with van der Waals surface area (Å²) in [5, 5.41) is 7.64.